The summed E-state index contributed by atoms with van der Waals surface area (Å²) in [6.45, 7) is 2.41. The summed E-state index contributed by atoms with van der Waals surface area (Å²) in [4.78, 5) is 0. The molecule has 2 aromatic carbocycles. The lowest BCUT2D eigenvalue weighted by molar-refractivity contribution is 0.283. The van der Waals surface area contributed by atoms with Crippen molar-refractivity contribution < 1.29 is 9.50 Å². The minimum atomic E-state index is -0.332. The van der Waals surface area contributed by atoms with E-state index in [9.17, 15) is 9.50 Å². The minimum Gasteiger partial charge on any atom is -0.392 e. The van der Waals surface area contributed by atoms with Gasteiger partial charge in [0.2, 0.25) is 0 Å². The molecule has 0 unspecified atom stereocenters. The molecule has 108 valence electrons. The Morgan fingerprint density at radius 3 is 2.52 bits per heavy atom. The average Bonchev–Trinajstić information content (AvgIpc) is 2.73. The predicted molar refractivity (Wildman–Crippen MR) is 83.1 cm³/mol. The second-order valence-corrected chi connectivity index (χ2v) is 5.52. The molecule has 0 spiro atoms. The quantitative estimate of drug-likeness (QED) is 0.767. The van der Waals surface area contributed by atoms with Crippen molar-refractivity contribution in [3.8, 4) is 0 Å². The van der Waals surface area contributed by atoms with Gasteiger partial charge in [0, 0.05) is 17.5 Å². The standard InChI is InChI=1S/C17H15ClFNO/c1-11-2-4-12(5-3-11)9-20-16-7-6-13(19)8-14(16)15(10-21)17(20)18/h2-8,21H,9-10H2,1H3. The van der Waals surface area contributed by atoms with Gasteiger partial charge in [-0.25, -0.2) is 4.39 Å². The maximum absolute atomic E-state index is 13.4. The summed E-state index contributed by atoms with van der Waals surface area (Å²) in [6.07, 6.45) is 0. The molecule has 0 aliphatic carbocycles. The van der Waals surface area contributed by atoms with Crippen LogP contribution in [0.25, 0.3) is 10.9 Å². The van der Waals surface area contributed by atoms with Gasteiger partial charge in [-0.15, -0.1) is 0 Å². The highest BCUT2D eigenvalue weighted by Gasteiger charge is 2.15. The highest BCUT2D eigenvalue weighted by molar-refractivity contribution is 6.32. The molecule has 0 amide bonds. The summed E-state index contributed by atoms with van der Waals surface area (Å²) in [5.74, 6) is -0.332. The molecule has 3 aromatic rings. The van der Waals surface area contributed by atoms with Crippen molar-refractivity contribution in [2.24, 2.45) is 0 Å². The van der Waals surface area contributed by atoms with Crippen LogP contribution in [0.2, 0.25) is 5.15 Å². The number of rotatable bonds is 3. The maximum atomic E-state index is 13.4. The van der Waals surface area contributed by atoms with Crippen LogP contribution in [-0.4, -0.2) is 9.67 Å². The second kappa shape index (κ2) is 5.51. The SMILES string of the molecule is Cc1ccc(Cn2c(Cl)c(CO)c3cc(F)ccc32)cc1. The Balaban J connectivity index is 2.13. The molecule has 0 aliphatic heterocycles. The van der Waals surface area contributed by atoms with E-state index in [1.54, 1.807) is 6.07 Å². The van der Waals surface area contributed by atoms with Crippen molar-refractivity contribution in [3.05, 3.63) is 70.1 Å². The third-order valence-electron chi connectivity index (χ3n) is 3.68. The van der Waals surface area contributed by atoms with Gasteiger partial charge < -0.3 is 9.67 Å². The fourth-order valence-corrected chi connectivity index (χ4v) is 2.86. The lowest BCUT2D eigenvalue weighted by Crippen LogP contribution is -2.00. The zero-order valence-corrected chi connectivity index (χ0v) is 12.4. The van der Waals surface area contributed by atoms with Crippen molar-refractivity contribution in [3.63, 3.8) is 0 Å². The fraction of sp³-hybridized carbons (Fsp3) is 0.176. The Kier molecular flexibility index (Phi) is 3.70. The van der Waals surface area contributed by atoms with E-state index >= 15 is 0 Å². The first-order valence-corrected chi connectivity index (χ1v) is 7.10. The van der Waals surface area contributed by atoms with Gasteiger partial charge in [0.1, 0.15) is 11.0 Å². The van der Waals surface area contributed by atoms with Gasteiger partial charge in [-0.3, -0.25) is 0 Å². The predicted octanol–water partition coefficient (Wildman–Crippen LogP) is 4.28. The number of nitrogens with zero attached hydrogens (tertiary/aromatic N) is 1. The van der Waals surface area contributed by atoms with Crippen LogP contribution in [0.4, 0.5) is 4.39 Å². The van der Waals surface area contributed by atoms with Gasteiger partial charge >= 0.3 is 0 Å². The van der Waals surface area contributed by atoms with Crippen LogP contribution >= 0.6 is 11.6 Å². The number of aliphatic hydroxyl groups is 1. The molecular weight excluding hydrogens is 289 g/mol. The van der Waals surface area contributed by atoms with Crippen LogP contribution in [0.1, 0.15) is 16.7 Å². The summed E-state index contributed by atoms with van der Waals surface area (Å²) < 4.78 is 15.3. The largest absolute Gasteiger partial charge is 0.392 e. The van der Waals surface area contributed by atoms with Crippen molar-refractivity contribution in [2.45, 2.75) is 20.1 Å². The van der Waals surface area contributed by atoms with Gasteiger partial charge in [-0.1, -0.05) is 41.4 Å². The van der Waals surface area contributed by atoms with Gasteiger partial charge in [-0.05, 0) is 30.7 Å². The van der Waals surface area contributed by atoms with Crippen LogP contribution < -0.4 is 0 Å². The lowest BCUT2D eigenvalue weighted by Gasteiger charge is -2.08. The number of hydrogen-bond donors (Lipinski definition) is 1. The topological polar surface area (TPSA) is 25.2 Å². The molecule has 1 N–H and O–H groups in total. The number of aliphatic hydroxyl groups excluding tert-OH is 1. The molecule has 3 rings (SSSR count). The molecular formula is C17H15ClFNO. The van der Waals surface area contributed by atoms with E-state index in [4.69, 9.17) is 11.6 Å². The van der Waals surface area contributed by atoms with Crippen LogP contribution in [0, 0.1) is 12.7 Å². The number of benzene rings is 2. The molecule has 21 heavy (non-hydrogen) atoms. The number of fused-ring (bicyclic) bond motifs is 1. The molecule has 0 aliphatic rings. The average molecular weight is 304 g/mol. The van der Waals surface area contributed by atoms with Crippen molar-refractivity contribution in [2.75, 3.05) is 0 Å². The van der Waals surface area contributed by atoms with E-state index in [0.717, 1.165) is 11.1 Å². The van der Waals surface area contributed by atoms with E-state index < -0.39 is 0 Å². The number of aryl methyl sites for hydroxylation is 1. The number of aromatic nitrogens is 1. The zero-order valence-electron chi connectivity index (χ0n) is 11.6. The van der Waals surface area contributed by atoms with Gasteiger partial charge in [0.15, 0.2) is 0 Å². The van der Waals surface area contributed by atoms with Crippen LogP contribution in [0.15, 0.2) is 42.5 Å². The molecule has 1 heterocycles. The van der Waals surface area contributed by atoms with Gasteiger partial charge in [-0.2, -0.15) is 0 Å². The number of hydrogen-bond acceptors (Lipinski definition) is 1. The third-order valence-corrected chi connectivity index (χ3v) is 4.11. The molecule has 2 nitrogen and oxygen atoms in total. The molecule has 4 heteroatoms. The molecule has 1 aromatic heterocycles. The molecule has 0 radical (unpaired) electrons. The normalized spacial score (nSPS) is 11.2. The first-order chi connectivity index (χ1) is 10.1. The summed E-state index contributed by atoms with van der Waals surface area (Å²) in [6, 6.07) is 12.7. The van der Waals surface area contributed by atoms with E-state index in [0.29, 0.717) is 22.6 Å². The highest BCUT2D eigenvalue weighted by atomic mass is 35.5. The monoisotopic (exact) mass is 303 g/mol. The van der Waals surface area contributed by atoms with E-state index in [1.165, 1.54) is 17.7 Å². The van der Waals surface area contributed by atoms with Crippen molar-refractivity contribution in [1.29, 1.82) is 0 Å². The summed E-state index contributed by atoms with van der Waals surface area (Å²) in [7, 11) is 0. The van der Waals surface area contributed by atoms with Gasteiger partial charge in [0.05, 0.1) is 12.1 Å². The van der Waals surface area contributed by atoms with Gasteiger partial charge in [0.25, 0.3) is 0 Å². The van der Waals surface area contributed by atoms with Crippen LogP contribution in [0.5, 0.6) is 0 Å². The fourth-order valence-electron chi connectivity index (χ4n) is 2.55. The van der Waals surface area contributed by atoms with E-state index in [2.05, 4.69) is 0 Å². The molecule has 0 bridgehead atoms. The van der Waals surface area contributed by atoms with Crippen LogP contribution in [0.3, 0.4) is 0 Å². The third kappa shape index (κ3) is 2.55. The zero-order chi connectivity index (χ0) is 15.0. The highest BCUT2D eigenvalue weighted by Crippen LogP contribution is 2.31. The minimum absolute atomic E-state index is 0.209. The number of halogens is 2. The maximum Gasteiger partial charge on any atom is 0.123 e. The molecule has 0 saturated heterocycles. The van der Waals surface area contributed by atoms with Crippen molar-refractivity contribution in [1.82, 2.24) is 4.57 Å². The lowest BCUT2D eigenvalue weighted by atomic mass is 10.1. The Bertz CT molecular complexity index is 793. The van der Waals surface area contributed by atoms with E-state index in [-0.39, 0.29) is 12.4 Å². The summed E-state index contributed by atoms with van der Waals surface area (Å²) >= 11 is 6.37. The second-order valence-electron chi connectivity index (χ2n) is 5.16. The van der Waals surface area contributed by atoms with Crippen molar-refractivity contribution >= 4 is 22.5 Å². The molecule has 0 atom stereocenters. The molecule has 0 fully saturated rings. The van der Waals surface area contributed by atoms with E-state index in [1.807, 2.05) is 35.8 Å². The first kappa shape index (κ1) is 14.1. The Morgan fingerprint density at radius 2 is 1.86 bits per heavy atom. The summed E-state index contributed by atoms with van der Waals surface area (Å²) in [5, 5.41) is 10.6. The Hall–Kier alpha value is -1.84. The first-order valence-electron chi connectivity index (χ1n) is 6.72. The summed E-state index contributed by atoms with van der Waals surface area (Å²) in [5.41, 5.74) is 3.69. The van der Waals surface area contributed by atoms with Crippen LogP contribution in [-0.2, 0) is 13.2 Å². The molecule has 0 saturated carbocycles. The Labute approximate surface area is 127 Å². The smallest absolute Gasteiger partial charge is 0.123 e. The Morgan fingerprint density at radius 1 is 1.14 bits per heavy atom.